The molecule has 7 heteroatoms. The van der Waals surface area contributed by atoms with Crippen LogP contribution in [0.1, 0.15) is 25.7 Å². The standard InChI is InChI=1S/C13H16Cl2N2O2S/c14-13(15)5-3-1-2-4-8-20-10-6-7-11(16)12(9-10)17(18)19/h5-7,9H,1-4,8,16H2. The van der Waals surface area contributed by atoms with E-state index in [0.29, 0.717) is 4.49 Å². The molecule has 0 amide bonds. The lowest BCUT2D eigenvalue weighted by Crippen LogP contribution is -1.95. The summed E-state index contributed by atoms with van der Waals surface area (Å²) in [6.45, 7) is 0. The zero-order valence-corrected chi connectivity index (χ0v) is 13.2. The fraction of sp³-hybridized carbons (Fsp3) is 0.385. The summed E-state index contributed by atoms with van der Waals surface area (Å²) in [6.07, 6.45) is 5.81. The predicted octanol–water partition coefficient (Wildman–Crippen LogP) is 5.15. The average molecular weight is 335 g/mol. The van der Waals surface area contributed by atoms with E-state index in [1.165, 1.54) is 6.07 Å². The van der Waals surface area contributed by atoms with Crippen LogP contribution in [0.4, 0.5) is 11.4 Å². The molecule has 1 aromatic carbocycles. The van der Waals surface area contributed by atoms with E-state index >= 15 is 0 Å². The normalized spacial score (nSPS) is 10.3. The molecule has 0 bridgehead atoms. The summed E-state index contributed by atoms with van der Waals surface area (Å²) in [5.74, 6) is 0.916. The molecule has 0 saturated carbocycles. The Labute approximate surface area is 132 Å². The minimum absolute atomic E-state index is 0.0307. The Morgan fingerprint density at radius 2 is 2.10 bits per heavy atom. The summed E-state index contributed by atoms with van der Waals surface area (Å²) < 4.78 is 0.313. The first-order chi connectivity index (χ1) is 9.50. The lowest BCUT2D eigenvalue weighted by atomic mass is 10.2. The summed E-state index contributed by atoms with van der Waals surface area (Å²) in [6, 6.07) is 4.91. The van der Waals surface area contributed by atoms with Crippen molar-refractivity contribution in [3.63, 3.8) is 0 Å². The van der Waals surface area contributed by atoms with Crippen LogP contribution in [0.2, 0.25) is 0 Å². The fourth-order valence-electron chi connectivity index (χ4n) is 1.60. The number of hydrogen-bond acceptors (Lipinski definition) is 4. The van der Waals surface area contributed by atoms with Gasteiger partial charge in [0.2, 0.25) is 0 Å². The molecule has 0 aliphatic heterocycles. The zero-order valence-electron chi connectivity index (χ0n) is 10.9. The molecule has 1 aromatic rings. The topological polar surface area (TPSA) is 69.2 Å². The van der Waals surface area contributed by atoms with Crippen LogP contribution in [0.3, 0.4) is 0 Å². The van der Waals surface area contributed by atoms with Crippen molar-refractivity contribution in [1.29, 1.82) is 0 Å². The summed E-state index contributed by atoms with van der Waals surface area (Å²) in [5, 5.41) is 10.8. The van der Waals surface area contributed by atoms with E-state index in [1.807, 2.05) is 6.07 Å². The van der Waals surface area contributed by atoms with Gasteiger partial charge in [-0.25, -0.2) is 0 Å². The third kappa shape index (κ3) is 6.50. The molecule has 0 radical (unpaired) electrons. The molecule has 0 spiro atoms. The summed E-state index contributed by atoms with van der Waals surface area (Å²) in [4.78, 5) is 11.2. The highest BCUT2D eigenvalue weighted by Crippen LogP contribution is 2.28. The van der Waals surface area contributed by atoms with Crippen LogP contribution in [0.15, 0.2) is 33.7 Å². The van der Waals surface area contributed by atoms with Crippen LogP contribution in [0.25, 0.3) is 0 Å². The smallest absolute Gasteiger partial charge is 0.293 e. The molecule has 1 rings (SSSR count). The number of anilines is 1. The molecule has 20 heavy (non-hydrogen) atoms. The second-order valence-electron chi connectivity index (χ2n) is 4.17. The van der Waals surface area contributed by atoms with Crippen molar-refractivity contribution < 1.29 is 4.92 Å². The van der Waals surface area contributed by atoms with Crippen LogP contribution in [0, 0.1) is 10.1 Å². The molecule has 0 aliphatic carbocycles. The second kappa shape index (κ2) is 9.10. The number of allylic oxidation sites excluding steroid dienone is 1. The predicted molar refractivity (Wildman–Crippen MR) is 86.5 cm³/mol. The van der Waals surface area contributed by atoms with E-state index in [0.717, 1.165) is 36.3 Å². The van der Waals surface area contributed by atoms with Crippen LogP contribution < -0.4 is 5.73 Å². The number of nitro benzene ring substituents is 1. The van der Waals surface area contributed by atoms with Gasteiger partial charge in [0.05, 0.1) is 4.92 Å². The Kier molecular flexibility index (Phi) is 7.80. The maximum absolute atomic E-state index is 10.8. The van der Waals surface area contributed by atoms with E-state index in [1.54, 1.807) is 23.9 Å². The average Bonchev–Trinajstić information content (AvgIpc) is 2.38. The van der Waals surface area contributed by atoms with Gasteiger partial charge in [0.1, 0.15) is 10.2 Å². The molecule has 0 fully saturated rings. The summed E-state index contributed by atoms with van der Waals surface area (Å²) in [5.41, 5.74) is 5.71. The van der Waals surface area contributed by atoms with Gasteiger partial charge in [-0.2, -0.15) is 0 Å². The van der Waals surface area contributed by atoms with Crippen molar-refractivity contribution in [3.8, 4) is 0 Å². The van der Waals surface area contributed by atoms with Gasteiger partial charge in [0, 0.05) is 11.0 Å². The highest BCUT2D eigenvalue weighted by atomic mass is 35.5. The van der Waals surface area contributed by atoms with E-state index in [2.05, 4.69) is 0 Å². The van der Waals surface area contributed by atoms with Gasteiger partial charge in [0.15, 0.2) is 0 Å². The maximum atomic E-state index is 10.8. The van der Waals surface area contributed by atoms with Crippen molar-refractivity contribution >= 4 is 46.3 Å². The van der Waals surface area contributed by atoms with Gasteiger partial charge in [-0.15, -0.1) is 11.8 Å². The van der Waals surface area contributed by atoms with Gasteiger partial charge in [0.25, 0.3) is 5.69 Å². The van der Waals surface area contributed by atoms with Crippen molar-refractivity contribution in [2.75, 3.05) is 11.5 Å². The molecule has 0 aromatic heterocycles. The number of thioether (sulfide) groups is 1. The summed E-state index contributed by atoms with van der Waals surface area (Å²) >= 11 is 12.6. The van der Waals surface area contributed by atoms with Crippen LogP contribution >= 0.6 is 35.0 Å². The third-order valence-corrected chi connectivity index (χ3v) is 4.00. The molecule has 0 saturated heterocycles. The first kappa shape index (κ1) is 17.1. The molecule has 0 aliphatic rings. The monoisotopic (exact) mass is 334 g/mol. The molecule has 0 heterocycles. The number of nitrogen functional groups attached to an aromatic ring is 1. The van der Waals surface area contributed by atoms with E-state index < -0.39 is 4.92 Å². The third-order valence-electron chi connectivity index (χ3n) is 2.61. The number of rotatable bonds is 8. The number of unbranched alkanes of at least 4 members (excludes halogenated alkanes) is 3. The zero-order chi connectivity index (χ0) is 15.0. The quantitative estimate of drug-likeness (QED) is 0.234. The van der Waals surface area contributed by atoms with Crippen molar-refractivity contribution in [3.05, 3.63) is 38.9 Å². The Hall–Kier alpha value is -0.910. The van der Waals surface area contributed by atoms with E-state index in [4.69, 9.17) is 28.9 Å². The van der Waals surface area contributed by atoms with Crippen LogP contribution in [-0.2, 0) is 0 Å². The van der Waals surface area contributed by atoms with E-state index in [-0.39, 0.29) is 11.4 Å². The van der Waals surface area contributed by atoms with Crippen molar-refractivity contribution in [2.24, 2.45) is 0 Å². The maximum Gasteiger partial charge on any atom is 0.293 e. The van der Waals surface area contributed by atoms with Crippen LogP contribution in [-0.4, -0.2) is 10.7 Å². The molecule has 2 N–H and O–H groups in total. The Morgan fingerprint density at radius 1 is 1.35 bits per heavy atom. The largest absolute Gasteiger partial charge is 0.393 e. The number of halogens is 2. The van der Waals surface area contributed by atoms with Gasteiger partial charge in [-0.3, -0.25) is 10.1 Å². The molecule has 0 unspecified atom stereocenters. The Morgan fingerprint density at radius 3 is 2.75 bits per heavy atom. The lowest BCUT2D eigenvalue weighted by Gasteiger charge is -2.03. The first-order valence-corrected chi connectivity index (χ1v) is 7.92. The highest BCUT2D eigenvalue weighted by Gasteiger charge is 2.11. The number of benzene rings is 1. The molecule has 4 nitrogen and oxygen atoms in total. The minimum atomic E-state index is -0.457. The summed E-state index contributed by atoms with van der Waals surface area (Å²) in [7, 11) is 0. The minimum Gasteiger partial charge on any atom is -0.393 e. The molecular weight excluding hydrogens is 319 g/mol. The number of nitrogens with zero attached hydrogens (tertiary/aromatic N) is 1. The van der Waals surface area contributed by atoms with Gasteiger partial charge in [-0.1, -0.05) is 35.7 Å². The molecule has 110 valence electrons. The number of hydrogen-bond donors (Lipinski definition) is 1. The van der Waals surface area contributed by atoms with Crippen LogP contribution in [0.5, 0.6) is 0 Å². The van der Waals surface area contributed by atoms with Gasteiger partial charge >= 0.3 is 0 Å². The Balaban J connectivity index is 2.30. The Bertz CT molecular complexity index is 491. The highest BCUT2D eigenvalue weighted by molar-refractivity contribution is 7.99. The first-order valence-electron chi connectivity index (χ1n) is 6.18. The van der Waals surface area contributed by atoms with Gasteiger partial charge < -0.3 is 5.73 Å². The SMILES string of the molecule is Nc1ccc(SCCCCCC=C(Cl)Cl)cc1[N+](=O)[O-]. The number of nitro groups is 1. The fourth-order valence-corrected chi connectivity index (χ4v) is 2.76. The second-order valence-corrected chi connectivity index (χ2v) is 6.35. The van der Waals surface area contributed by atoms with Gasteiger partial charge in [-0.05, 0) is 37.1 Å². The molecule has 0 atom stereocenters. The number of nitrogens with two attached hydrogens (primary N) is 1. The van der Waals surface area contributed by atoms with Crippen molar-refractivity contribution in [1.82, 2.24) is 0 Å². The van der Waals surface area contributed by atoms with E-state index in [9.17, 15) is 10.1 Å². The molecular formula is C13H16Cl2N2O2S. The lowest BCUT2D eigenvalue weighted by molar-refractivity contribution is -0.384. The van der Waals surface area contributed by atoms with Crippen molar-refractivity contribution in [2.45, 2.75) is 30.6 Å².